The topological polar surface area (TPSA) is 76.7 Å². The number of hydrogen-bond donors (Lipinski definition) is 2. The highest BCUT2D eigenvalue weighted by Crippen LogP contribution is 2.31. The second kappa shape index (κ2) is 9.43. The van der Waals surface area contributed by atoms with Crippen LogP contribution in [0.1, 0.15) is 37.9 Å². The Morgan fingerprint density at radius 1 is 1.10 bits per heavy atom. The van der Waals surface area contributed by atoms with Crippen LogP contribution in [0.3, 0.4) is 0 Å². The molecule has 0 bridgehead atoms. The third-order valence-electron chi connectivity index (χ3n) is 4.71. The quantitative estimate of drug-likeness (QED) is 0.667. The zero-order valence-electron chi connectivity index (χ0n) is 17.2. The average molecular weight is 412 g/mol. The number of rotatable bonds is 7. The molecule has 2 aromatic carbocycles. The van der Waals surface area contributed by atoms with E-state index in [1.54, 1.807) is 43.3 Å². The van der Waals surface area contributed by atoms with Crippen LogP contribution in [0.4, 0.5) is 9.18 Å². The predicted molar refractivity (Wildman–Crippen MR) is 110 cm³/mol. The van der Waals surface area contributed by atoms with Gasteiger partial charge in [-0.25, -0.2) is 14.0 Å². The Morgan fingerprint density at radius 3 is 2.37 bits per heavy atom. The molecule has 6 nitrogen and oxygen atoms in total. The number of carbonyl (C=O) groups excluding carboxylic acids is 2. The number of hydrogen-bond acceptors (Lipinski definition) is 4. The molecule has 1 heterocycles. The normalized spacial score (nSPS) is 16.2. The molecule has 0 fully saturated rings. The summed E-state index contributed by atoms with van der Waals surface area (Å²) in [5.74, 6) is -0.195. The fourth-order valence-electron chi connectivity index (χ4n) is 3.23. The minimum atomic E-state index is -0.624. The molecule has 0 aliphatic carbocycles. The second-order valence-electron chi connectivity index (χ2n) is 7.22. The molecular weight excluding hydrogens is 387 g/mol. The van der Waals surface area contributed by atoms with Crippen molar-refractivity contribution >= 4 is 12.0 Å². The Morgan fingerprint density at radius 2 is 1.77 bits per heavy atom. The van der Waals surface area contributed by atoms with Gasteiger partial charge in [0.15, 0.2) is 0 Å². The summed E-state index contributed by atoms with van der Waals surface area (Å²) in [6, 6.07) is 12.2. The van der Waals surface area contributed by atoms with Gasteiger partial charge in [0, 0.05) is 5.70 Å². The standard InChI is InChI=1S/C23H25FN2O4/c1-4-29-22(27)19-20(14(2)3)25-23(28)26-21(19)16-7-11-18(12-8-16)30-13-15-5-9-17(24)10-6-15/h5-12,14,21H,4,13H2,1-3H3,(H2,25,26,28). The molecule has 1 aliphatic rings. The van der Waals surface area contributed by atoms with Crippen molar-refractivity contribution in [3.05, 3.63) is 76.7 Å². The fraction of sp³-hybridized carbons (Fsp3) is 0.304. The third-order valence-corrected chi connectivity index (χ3v) is 4.71. The lowest BCUT2D eigenvalue weighted by molar-refractivity contribution is -0.139. The zero-order valence-corrected chi connectivity index (χ0v) is 17.2. The molecule has 0 spiro atoms. The van der Waals surface area contributed by atoms with E-state index in [2.05, 4.69) is 10.6 Å². The number of halogens is 1. The number of allylic oxidation sites excluding steroid dienone is 1. The van der Waals surface area contributed by atoms with Gasteiger partial charge in [0.2, 0.25) is 0 Å². The molecule has 2 amide bonds. The summed E-state index contributed by atoms with van der Waals surface area (Å²) in [4.78, 5) is 24.8. The molecular formula is C23H25FN2O4. The first-order valence-electron chi connectivity index (χ1n) is 9.85. The second-order valence-corrected chi connectivity index (χ2v) is 7.22. The zero-order chi connectivity index (χ0) is 21.7. The lowest BCUT2D eigenvalue weighted by Gasteiger charge is -2.31. The predicted octanol–water partition coefficient (Wildman–Crippen LogP) is 4.23. The van der Waals surface area contributed by atoms with Crippen LogP contribution in [0.2, 0.25) is 0 Å². The van der Waals surface area contributed by atoms with Gasteiger partial charge in [-0.2, -0.15) is 0 Å². The highest BCUT2D eigenvalue weighted by atomic mass is 19.1. The summed E-state index contributed by atoms with van der Waals surface area (Å²) in [7, 11) is 0. The van der Waals surface area contributed by atoms with E-state index in [0.717, 1.165) is 11.1 Å². The van der Waals surface area contributed by atoms with E-state index in [1.807, 2.05) is 13.8 Å². The summed E-state index contributed by atoms with van der Waals surface area (Å²) >= 11 is 0. The summed E-state index contributed by atoms with van der Waals surface area (Å²) in [6.45, 7) is 6.09. The molecule has 0 radical (unpaired) electrons. The lowest BCUT2D eigenvalue weighted by Crippen LogP contribution is -2.47. The molecule has 158 valence electrons. The van der Waals surface area contributed by atoms with Gasteiger partial charge < -0.3 is 20.1 Å². The summed E-state index contributed by atoms with van der Waals surface area (Å²) in [5.41, 5.74) is 2.53. The maximum atomic E-state index is 13.0. The van der Waals surface area contributed by atoms with Crippen LogP contribution in [0, 0.1) is 11.7 Å². The number of carbonyl (C=O) groups is 2. The van der Waals surface area contributed by atoms with Crippen LogP contribution < -0.4 is 15.4 Å². The van der Waals surface area contributed by atoms with Gasteiger partial charge in [-0.15, -0.1) is 0 Å². The van der Waals surface area contributed by atoms with E-state index in [1.165, 1.54) is 12.1 Å². The molecule has 1 aliphatic heterocycles. The van der Waals surface area contributed by atoms with Crippen molar-refractivity contribution in [2.24, 2.45) is 5.92 Å². The smallest absolute Gasteiger partial charge is 0.338 e. The van der Waals surface area contributed by atoms with Crippen LogP contribution in [-0.4, -0.2) is 18.6 Å². The van der Waals surface area contributed by atoms with E-state index in [4.69, 9.17) is 9.47 Å². The minimum Gasteiger partial charge on any atom is -0.489 e. The van der Waals surface area contributed by atoms with Gasteiger partial charge in [-0.3, -0.25) is 0 Å². The largest absolute Gasteiger partial charge is 0.489 e. The van der Waals surface area contributed by atoms with Crippen LogP contribution >= 0.6 is 0 Å². The summed E-state index contributed by atoms with van der Waals surface area (Å²) in [6.07, 6.45) is 0. The Hall–Kier alpha value is -3.35. The molecule has 1 atom stereocenters. The molecule has 30 heavy (non-hydrogen) atoms. The molecule has 0 aromatic heterocycles. The number of amides is 2. The van der Waals surface area contributed by atoms with Crippen LogP contribution in [-0.2, 0) is 16.1 Å². The maximum absolute atomic E-state index is 13.0. The van der Waals surface area contributed by atoms with Gasteiger partial charge in [-0.05, 0) is 48.2 Å². The Labute approximate surface area is 175 Å². The van der Waals surface area contributed by atoms with Gasteiger partial charge in [0.05, 0.1) is 18.2 Å². The molecule has 0 saturated carbocycles. The summed E-state index contributed by atoms with van der Waals surface area (Å²) in [5, 5.41) is 5.54. The molecule has 0 saturated heterocycles. The number of ether oxygens (including phenoxy) is 2. The first-order valence-corrected chi connectivity index (χ1v) is 9.85. The van der Waals surface area contributed by atoms with E-state index >= 15 is 0 Å². The van der Waals surface area contributed by atoms with Crippen LogP contribution in [0.15, 0.2) is 59.8 Å². The van der Waals surface area contributed by atoms with E-state index < -0.39 is 12.0 Å². The van der Waals surface area contributed by atoms with Gasteiger partial charge in [-0.1, -0.05) is 38.1 Å². The van der Waals surface area contributed by atoms with E-state index in [0.29, 0.717) is 23.6 Å². The van der Waals surface area contributed by atoms with E-state index in [9.17, 15) is 14.0 Å². The SMILES string of the molecule is CCOC(=O)C1=C(C(C)C)NC(=O)NC1c1ccc(OCc2ccc(F)cc2)cc1. The maximum Gasteiger partial charge on any atom is 0.338 e. The van der Waals surface area contributed by atoms with Crippen LogP contribution in [0.25, 0.3) is 0 Å². The molecule has 2 N–H and O–H groups in total. The highest BCUT2D eigenvalue weighted by molar-refractivity contribution is 5.95. The average Bonchev–Trinajstić information content (AvgIpc) is 2.73. The van der Waals surface area contributed by atoms with Gasteiger partial charge in [0.25, 0.3) is 0 Å². The van der Waals surface area contributed by atoms with Crippen LogP contribution in [0.5, 0.6) is 5.75 Å². The van der Waals surface area contributed by atoms with Gasteiger partial charge >= 0.3 is 12.0 Å². The number of nitrogens with one attached hydrogen (secondary N) is 2. The molecule has 2 aromatic rings. The number of esters is 1. The van der Waals surface area contributed by atoms with Crippen molar-refractivity contribution < 1.29 is 23.5 Å². The lowest BCUT2D eigenvalue weighted by atomic mass is 9.91. The Kier molecular flexibility index (Phi) is 6.72. The Balaban J connectivity index is 1.81. The van der Waals surface area contributed by atoms with Gasteiger partial charge in [0.1, 0.15) is 18.2 Å². The number of urea groups is 1. The van der Waals surface area contributed by atoms with Crippen molar-refractivity contribution in [1.29, 1.82) is 0 Å². The highest BCUT2D eigenvalue weighted by Gasteiger charge is 2.34. The molecule has 1 unspecified atom stereocenters. The van der Waals surface area contributed by atoms with Crippen molar-refractivity contribution in [2.45, 2.75) is 33.4 Å². The van der Waals surface area contributed by atoms with Crippen molar-refractivity contribution in [1.82, 2.24) is 10.6 Å². The fourth-order valence-corrected chi connectivity index (χ4v) is 3.23. The first-order chi connectivity index (χ1) is 14.4. The third kappa shape index (κ3) is 4.97. The molecule has 3 rings (SSSR count). The minimum absolute atomic E-state index is 0.0590. The number of benzene rings is 2. The van der Waals surface area contributed by atoms with Crippen molar-refractivity contribution in [2.75, 3.05) is 6.61 Å². The monoisotopic (exact) mass is 412 g/mol. The molecule has 7 heteroatoms. The summed E-state index contributed by atoms with van der Waals surface area (Å²) < 4.78 is 24.0. The van der Waals surface area contributed by atoms with E-state index in [-0.39, 0.29) is 24.4 Å². The first kappa shape index (κ1) is 21.4. The Bertz CT molecular complexity index is 937. The van der Waals surface area contributed by atoms with Crippen molar-refractivity contribution in [3.63, 3.8) is 0 Å². The van der Waals surface area contributed by atoms with Crippen molar-refractivity contribution in [3.8, 4) is 5.75 Å².